The van der Waals surface area contributed by atoms with E-state index >= 15 is 0 Å². The summed E-state index contributed by atoms with van der Waals surface area (Å²) in [5.41, 5.74) is 0.798. The average molecular weight is 345 g/mol. The molecule has 2 aliphatic rings. The zero-order chi connectivity index (χ0) is 17.3. The number of hydrogen-bond donors (Lipinski definition) is 1. The van der Waals surface area contributed by atoms with Crippen LogP contribution >= 0.6 is 11.8 Å². The number of rotatable bonds is 4. The second-order valence-corrected chi connectivity index (χ2v) is 6.80. The van der Waals surface area contributed by atoms with Crippen LogP contribution in [0, 0.1) is 0 Å². The molecule has 7 nitrogen and oxygen atoms in total. The maximum atomic E-state index is 12.2. The Morgan fingerprint density at radius 2 is 1.83 bits per heavy atom. The molecule has 2 heterocycles. The Labute approximate surface area is 142 Å². The molecule has 0 saturated carbocycles. The third-order valence-electron chi connectivity index (χ3n) is 3.76. The minimum Gasteiger partial charge on any atom is -0.305 e. The van der Waals surface area contributed by atoms with Gasteiger partial charge in [-0.1, -0.05) is 23.9 Å². The Bertz CT molecular complexity index is 739. The molecule has 124 valence electrons. The Kier molecular flexibility index (Phi) is 4.48. The van der Waals surface area contributed by atoms with Gasteiger partial charge in [-0.25, -0.2) is 0 Å². The average Bonchev–Trinajstić information content (AvgIpc) is 2.99. The number of amidine groups is 1. The van der Waals surface area contributed by atoms with Crippen molar-refractivity contribution in [2.75, 3.05) is 6.54 Å². The van der Waals surface area contributed by atoms with E-state index in [2.05, 4.69) is 10.3 Å². The number of thioether (sulfide) groups is 1. The smallest absolute Gasteiger partial charge is 0.261 e. The number of fused-ring (bicyclic) bond motifs is 1. The first-order valence-electron chi connectivity index (χ1n) is 7.51. The van der Waals surface area contributed by atoms with Crippen LogP contribution in [-0.4, -0.2) is 45.5 Å². The Balaban J connectivity index is 1.50. The number of aliphatic imine (C=N–C) groups is 1. The van der Waals surface area contributed by atoms with E-state index in [4.69, 9.17) is 0 Å². The summed E-state index contributed by atoms with van der Waals surface area (Å²) in [5.74, 6) is -1.21. The highest BCUT2D eigenvalue weighted by Crippen LogP contribution is 2.23. The van der Waals surface area contributed by atoms with Gasteiger partial charge in [0.2, 0.25) is 5.91 Å². The molecule has 1 aromatic rings. The number of imide groups is 1. The van der Waals surface area contributed by atoms with Crippen LogP contribution in [0.3, 0.4) is 0 Å². The Morgan fingerprint density at radius 1 is 1.21 bits per heavy atom. The summed E-state index contributed by atoms with van der Waals surface area (Å²) in [6.45, 7) is 1.90. The van der Waals surface area contributed by atoms with Crippen molar-refractivity contribution < 1.29 is 19.2 Å². The van der Waals surface area contributed by atoms with Crippen molar-refractivity contribution in [3.05, 3.63) is 35.4 Å². The van der Waals surface area contributed by atoms with E-state index in [9.17, 15) is 19.2 Å². The fourth-order valence-electron chi connectivity index (χ4n) is 2.51. The maximum Gasteiger partial charge on any atom is 0.261 e. The predicted molar refractivity (Wildman–Crippen MR) is 88.7 cm³/mol. The minimum absolute atomic E-state index is 0.134. The molecule has 4 amide bonds. The number of hydrogen-bond acceptors (Lipinski definition) is 5. The number of carbonyl (C=O) groups is 4. The highest BCUT2D eigenvalue weighted by Gasteiger charge is 2.34. The Morgan fingerprint density at radius 3 is 2.38 bits per heavy atom. The fraction of sp³-hybridized carbons (Fsp3) is 0.312. The normalized spacial score (nSPS) is 19.5. The van der Waals surface area contributed by atoms with Crippen molar-refractivity contribution in [1.29, 1.82) is 0 Å². The Hall–Kier alpha value is -2.48. The van der Waals surface area contributed by atoms with Gasteiger partial charge >= 0.3 is 0 Å². The molecule has 0 aliphatic carbocycles. The SMILES string of the molecule is CC1SC(NC(=O)CCCN2C(=O)c3ccccc3C2=O)=NC1=O. The van der Waals surface area contributed by atoms with Gasteiger partial charge in [-0.2, -0.15) is 4.99 Å². The van der Waals surface area contributed by atoms with Gasteiger partial charge in [0.15, 0.2) is 5.17 Å². The molecule has 24 heavy (non-hydrogen) atoms. The van der Waals surface area contributed by atoms with Crippen molar-refractivity contribution in [3.8, 4) is 0 Å². The first-order valence-corrected chi connectivity index (χ1v) is 8.39. The molecular formula is C16H15N3O4S. The van der Waals surface area contributed by atoms with Crippen molar-refractivity contribution in [1.82, 2.24) is 10.2 Å². The monoisotopic (exact) mass is 345 g/mol. The fourth-order valence-corrected chi connectivity index (χ4v) is 3.32. The van der Waals surface area contributed by atoms with E-state index in [1.54, 1.807) is 31.2 Å². The van der Waals surface area contributed by atoms with Crippen LogP contribution in [0.15, 0.2) is 29.3 Å². The second-order valence-electron chi connectivity index (χ2n) is 5.47. The van der Waals surface area contributed by atoms with E-state index in [0.29, 0.717) is 22.7 Å². The summed E-state index contributed by atoms with van der Waals surface area (Å²) in [6.07, 6.45) is 0.480. The number of benzene rings is 1. The molecular weight excluding hydrogens is 330 g/mol. The van der Waals surface area contributed by atoms with Crippen molar-refractivity contribution in [3.63, 3.8) is 0 Å². The largest absolute Gasteiger partial charge is 0.305 e. The predicted octanol–water partition coefficient (Wildman–Crippen LogP) is 1.20. The number of nitrogens with one attached hydrogen (secondary N) is 1. The number of carbonyl (C=O) groups excluding carboxylic acids is 4. The molecule has 8 heteroatoms. The lowest BCUT2D eigenvalue weighted by Gasteiger charge is -2.13. The zero-order valence-corrected chi connectivity index (χ0v) is 13.8. The zero-order valence-electron chi connectivity index (χ0n) is 12.9. The molecule has 1 unspecified atom stereocenters. The molecule has 0 radical (unpaired) electrons. The van der Waals surface area contributed by atoms with Gasteiger partial charge in [-0.15, -0.1) is 0 Å². The summed E-state index contributed by atoms with van der Waals surface area (Å²) < 4.78 is 0. The third kappa shape index (κ3) is 3.09. The summed E-state index contributed by atoms with van der Waals surface area (Å²) in [5, 5.41) is 2.59. The molecule has 0 fully saturated rings. The van der Waals surface area contributed by atoms with Gasteiger partial charge < -0.3 is 5.32 Å². The van der Waals surface area contributed by atoms with Gasteiger partial charge in [0, 0.05) is 13.0 Å². The molecule has 1 N–H and O–H groups in total. The topological polar surface area (TPSA) is 95.9 Å². The van der Waals surface area contributed by atoms with Gasteiger partial charge in [0.05, 0.1) is 16.4 Å². The molecule has 3 rings (SSSR count). The summed E-state index contributed by atoms with van der Waals surface area (Å²) in [7, 11) is 0. The van der Waals surface area contributed by atoms with Crippen molar-refractivity contribution in [2.24, 2.45) is 4.99 Å². The minimum atomic E-state index is -0.328. The lowest BCUT2D eigenvalue weighted by molar-refractivity contribution is -0.119. The third-order valence-corrected chi connectivity index (χ3v) is 4.73. The molecule has 0 spiro atoms. The second kappa shape index (κ2) is 6.56. The van der Waals surface area contributed by atoms with Crippen LogP contribution in [-0.2, 0) is 9.59 Å². The molecule has 1 atom stereocenters. The van der Waals surface area contributed by atoms with Gasteiger partial charge in [0.25, 0.3) is 17.7 Å². The molecule has 0 bridgehead atoms. The van der Waals surface area contributed by atoms with E-state index in [0.717, 1.165) is 4.90 Å². The highest BCUT2D eigenvalue weighted by molar-refractivity contribution is 8.15. The van der Waals surface area contributed by atoms with Crippen LogP contribution in [0.1, 0.15) is 40.5 Å². The van der Waals surface area contributed by atoms with Gasteiger partial charge in [0.1, 0.15) is 0 Å². The summed E-state index contributed by atoms with van der Waals surface area (Å²) in [4.78, 5) is 52.4. The first kappa shape index (κ1) is 16.4. The van der Waals surface area contributed by atoms with Crippen molar-refractivity contribution in [2.45, 2.75) is 25.0 Å². The molecule has 2 aliphatic heterocycles. The highest BCUT2D eigenvalue weighted by atomic mass is 32.2. The van der Waals surface area contributed by atoms with Crippen LogP contribution in [0.4, 0.5) is 0 Å². The standard InChI is InChI=1S/C16H15N3O4S/c1-9-13(21)18-16(24-9)17-12(20)7-4-8-19-14(22)10-5-2-3-6-11(10)15(19)23/h2-3,5-6,9H,4,7-8H2,1H3,(H,17,18,20,21). The maximum absolute atomic E-state index is 12.2. The van der Waals surface area contributed by atoms with E-state index in [1.807, 2.05) is 0 Å². The quantitative estimate of drug-likeness (QED) is 0.827. The lowest BCUT2D eigenvalue weighted by Crippen LogP contribution is -2.32. The molecule has 0 aromatic heterocycles. The van der Waals surface area contributed by atoms with Crippen molar-refractivity contribution >= 4 is 40.6 Å². The summed E-state index contributed by atoms with van der Waals surface area (Å²) >= 11 is 1.20. The molecule has 0 saturated heterocycles. The van der Waals surface area contributed by atoms with Crippen LogP contribution in [0.25, 0.3) is 0 Å². The first-order chi connectivity index (χ1) is 11.5. The number of nitrogens with zero attached hydrogens (tertiary/aromatic N) is 2. The lowest BCUT2D eigenvalue weighted by atomic mass is 10.1. The van der Waals surface area contributed by atoms with Gasteiger partial charge in [-0.05, 0) is 25.5 Å². The van der Waals surface area contributed by atoms with E-state index in [-0.39, 0.29) is 41.8 Å². The van der Waals surface area contributed by atoms with Gasteiger partial charge in [-0.3, -0.25) is 24.1 Å². The van der Waals surface area contributed by atoms with E-state index in [1.165, 1.54) is 11.8 Å². The van der Waals surface area contributed by atoms with Crippen LogP contribution in [0.2, 0.25) is 0 Å². The van der Waals surface area contributed by atoms with Crippen LogP contribution < -0.4 is 5.32 Å². The summed E-state index contributed by atoms with van der Waals surface area (Å²) in [6, 6.07) is 6.66. The number of amides is 4. The molecule has 1 aromatic carbocycles. The van der Waals surface area contributed by atoms with Crippen LogP contribution in [0.5, 0.6) is 0 Å². The van der Waals surface area contributed by atoms with E-state index < -0.39 is 0 Å².